The van der Waals surface area contributed by atoms with Gasteiger partial charge in [-0.25, -0.2) is 9.82 Å². The summed E-state index contributed by atoms with van der Waals surface area (Å²) < 4.78 is 19.3. The Balaban J connectivity index is 1.55. The highest BCUT2D eigenvalue weighted by Gasteiger charge is 2.07. The zero-order valence-electron chi connectivity index (χ0n) is 14.1. The summed E-state index contributed by atoms with van der Waals surface area (Å²) in [7, 11) is 0. The summed E-state index contributed by atoms with van der Waals surface area (Å²) in [5.74, 6) is -0.168. The fraction of sp³-hybridized carbons (Fsp3) is 0.0500. The van der Waals surface area contributed by atoms with Gasteiger partial charge in [0.25, 0.3) is 5.91 Å². The van der Waals surface area contributed by atoms with Crippen LogP contribution in [0.25, 0.3) is 0 Å². The number of hydrogen-bond donors (Lipinski definition) is 1. The first-order chi connectivity index (χ1) is 13.1. The molecule has 1 N–H and O–H groups in total. The molecule has 2 aromatic carbocycles. The third-order valence-corrected chi connectivity index (χ3v) is 4.00. The number of carbonyl (C=O) groups is 1. The first kappa shape index (κ1) is 18.5. The number of hydrogen-bond acceptors (Lipinski definition) is 4. The van der Waals surface area contributed by atoms with Crippen LogP contribution in [0.4, 0.5) is 4.39 Å². The minimum absolute atomic E-state index is 0.0287. The zero-order chi connectivity index (χ0) is 19.1. The number of amides is 1. The normalized spacial score (nSPS) is 10.7. The molecule has 0 saturated carbocycles. The molecular formula is C20H15ClFN3O2. The number of hydrazone groups is 1. The first-order valence-electron chi connectivity index (χ1n) is 8.02. The molecule has 0 spiro atoms. The number of nitrogens with zero attached hydrogens (tertiary/aromatic N) is 2. The van der Waals surface area contributed by atoms with E-state index in [1.165, 1.54) is 24.7 Å². The van der Waals surface area contributed by atoms with E-state index in [1.54, 1.807) is 48.5 Å². The number of rotatable bonds is 6. The van der Waals surface area contributed by atoms with Crippen molar-refractivity contribution >= 4 is 23.7 Å². The topological polar surface area (TPSA) is 63.6 Å². The molecule has 7 heteroatoms. The SMILES string of the molecule is O=C(N/N=C/c1ccc(OCc2c(F)cccc2Cl)cc1)c1ccncc1. The molecule has 1 heterocycles. The van der Waals surface area contributed by atoms with E-state index in [9.17, 15) is 9.18 Å². The molecule has 0 fully saturated rings. The monoisotopic (exact) mass is 383 g/mol. The second-order valence-corrected chi connectivity index (χ2v) is 5.90. The predicted octanol–water partition coefficient (Wildman–Crippen LogP) is 4.22. The molecule has 0 radical (unpaired) electrons. The van der Waals surface area contributed by atoms with E-state index < -0.39 is 5.82 Å². The lowest BCUT2D eigenvalue weighted by Crippen LogP contribution is -2.17. The molecule has 1 amide bonds. The molecule has 0 aliphatic rings. The van der Waals surface area contributed by atoms with Gasteiger partial charge in [0.2, 0.25) is 0 Å². The highest BCUT2D eigenvalue weighted by molar-refractivity contribution is 6.31. The van der Waals surface area contributed by atoms with E-state index in [0.29, 0.717) is 21.9 Å². The van der Waals surface area contributed by atoms with Crippen LogP contribution >= 0.6 is 11.6 Å². The van der Waals surface area contributed by atoms with Crippen LogP contribution in [0.3, 0.4) is 0 Å². The summed E-state index contributed by atoms with van der Waals surface area (Å²) in [6.07, 6.45) is 4.58. The van der Waals surface area contributed by atoms with Crippen molar-refractivity contribution in [3.63, 3.8) is 0 Å². The largest absolute Gasteiger partial charge is 0.489 e. The van der Waals surface area contributed by atoms with Crippen LogP contribution in [0.1, 0.15) is 21.5 Å². The maximum Gasteiger partial charge on any atom is 0.271 e. The Bertz CT molecular complexity index is 927. The Morgan fingerprint density at radius 3 is 2.59 bits per heavy atom. The van der Waals surface area contributed by atoms with Gasteiger partial charge in [-0.3, -0.25) is 9.78 Å². The highest BCUT2D eigenvalue weighted by Crippen LogP contribution is 2.21. The molecule has 0 aliphatic carbocycles. The van der Waals surface area contributed by atoms with Crippen LogP contribution in [0, 0.1) is 5.82 Å². The summed E-state index contributed by atoms with van der Waals surface area (Å²) in [4.78, 5) is 15.7. The average Bonchev–Trinajstić information content (AvgIpc) is 2.69. The van der Waals surface area contributed by atoms with Gasteiger partial charge in [0.1, 0.15) is 18.2 Å². The Hall–Kier alpha value is -3.25. The Kier molecular flexibility index (Phi) is 6.12. The van der Waals surface area contributed by atoms with Gasteiger partial charge < -0.3 is 4.74 Å². The third-order valence-electron chi connectivity index (χ3n) is 3.65. The molecule has 0 aliphatic heterocycles. The lowest BCUT2D eigenvalue weighted by Gasteiger charge is -2.08. The first-order valence-corrected chi connectivity index (χ1v) is 8.40. The number of ether oxygens (including phenoxy) is 1. The molecule has 5 nitrogen and oxygen atoms in total. The van der Waals surface area contributed by atoms with E-state index in [-0.39, 0.29) is 12.5 Å². The minimum Gasteiger partial charge on any atom is -0.489 e. The van der Waals surface area contributed by atoms with Crippen LogP contribution in [0.5, 0.6) is 5.75 Å². The van der Waals surface area contributed by atoms with E-state index in [1.807, 2.05) is 0 Å². The summed E-state index contributed by atoms with van der Waals surface area (Å²) in [5, 5.41) is 4.23. The summed E-state index contributed by atoms with van der Waals surface area (Å²) in [5.41, 5.74) is 3.98. The van der Waals surface area contributed by atoms with Crippen molar-refractivity contribution in [2.75, 3.05) is 0 Å². The quantitative estimate of drug-likeness (QED) is 0.512. The smallest absolute Gasteiger partial charge is 0.271 e. The summed E-state index contributed by atoms with van der Waals surface area (Å²) in [6.45, 7) is 0.0287. The number of carbonyl (C=O) groups excluding carboxylic acids is 1. The number of nitrogens with one attached hydrogen (secondary N) is 1. The van der Waals surface area contributed by atoms with Gasteiger partial charge in [-0.2, -0.15) is 5.10 Å². The van der Waals surface area contributed by atoms with Gasteiger partial charge in [-0.05, 0) is 54.1 Å². The van der Waals surface area contributed by atoms with Crippen LogP contribution in [-0.2, 0) is 6.61 Å². The van der Waals surface area contributed by atoms with E-state index in [0.717, 1.165) is 5.56 Å². The lowest BCUT2D eigenvalue weighted by atomic mass is 10.2. The molecule has 0 unspecified atom stereocenters. The van der Waals surface area contributed by atoms with Crippen molar-refractivity contribution in [1.82, 2.24) is 10.4 Å². The molecule has 0 saturated heterocycles. The van der Waals surface area contributed by atoms with Gasteiger partial charge in [0, 0.05) is 23.5 Å². The second kappa shape index (κ2) is 8.91. The predicted molar refractivity (Wildman–Crippen MR) is 101 cm³/mol. The number of benzene rings is 2. The van der Waals surface area contributed by atoms with Gasteiger partial charge >= 0.3 is 0 Å². The minimum atomic E-state index is -0.406. The fourth-order valence-electron chi connectivity index (χ4n) is 2.21. The molecular weight excluding hydrogens is 369 g/mol. The third kappa shape index (κ3) is 5.12. The molecule has 3 rings (SSSR count). The summed E-state index contributed by atoms with van der Waals surface area (Å²) in [6, 6.07) is 14.7. The number of halogens is 2. The fourth-order valence-corrected chi connectivity index (χ4v) is 2.43. The van der Waals surface area contributed by atoms with Crippen LogP contribution in [0.15, 0.2) is 72.1 Å². The Labute approximate surface area is 160 Å². The van der Waals surface area contributed by atoms with E-state index in [4.69, 9.17) is 16.3 Å². The highest BCUT2D eigenvalue weighted by atomic mass is 35.5. The van der Waals surface area contributed by atoms with Crippen LogP contribution < -0.4 is 10.2 Å². The number of aromatic nitrogens is 1. The van der Waals surface area contributed by atoms with Crippen LogP contribution in [0.2, 0.25) is 5.02 Å². The number of pyridine rings is 1. The molecule has 3 aromatic rings. The Morgan fingerprint density at radius 2 is 1.89 bits per heavy atom. The second-order valence-electron chi connectivity index (χ2n) is 5.49. The molecule has 136 valence electrons. The van der Waals surface area contributed by atoms with E-state index in [2.05, 4.69) is 15.5 Å². The molecule has 0 bridgehead atoms. The van der Waals surface area contributed by atoms with Crippen molar-refractivity contribution in [1.29, 1.82) is 0 Å². The average molecular weight is 384 g/mol. The molecule has 1 aromatic heterocycles. The van der Waals surface area contributed by atoms with Crippen molar-refractivity contribution in [3.05, 3.63) is 94.5 Å². The van der Waals surface area contributed by atoms with Gasteiger partial charge in [0.05, 0.1) is 11.2 Å². The van der Waals surface area contributed by atoms with Crippen molar-refractivity contribution in [3.8, 4) is 5.75 Å². The summed E-state index contributed by atoms with van der Waals surface area (Å²) >= 11 is 5.97. The molecule has 27 heavy (non-hydrogen) atoms. The maximum atomic E-state index is 13.7. The standard InChI is InChI=1S/C20H15ClFN3O2/c21-18-2-1-3-19(22)17(18)13-27-16-6-4-14(5-7-16)12-24-25-20(26)15-8-10-23-11-9-15/h1-12H,13H2,(H,25,26)/b24-12+. The van der Waals surface area contributed by atoms with Gasteiger partial charge in [-0.15, -0.1) is 0 Å². The van der Waals surface area contributed by atoms with E-state index >= 15 is 0 Å². The van der Waals surface area contributed by atoms with Gasteiger partial charge in [0.15, 0.2) is 0 Å². The van der Waals surface area contributed by atoms with Crippen LogP contribution in [-0.4, -0.2) is 17.1 Å². The van der Waals surface area contributed by atoms with Crippen molar-refractivity contribution < 1.29 is 13.9 Å². The van der Waals surface area contributed by atoms with Crippen molar-refractivity contribution in [2.45, 2.75) is 6.61 Å². The molecule has 0 atom stereocenters. The zero-order valence-corrected chi connectivity index (χ0v) is 14.9. The Morgan fingerprint density at radius 1 is 1.15 bits per heavy atom. The lowest BCUT2D eigenvalue weighted by molar-refractivity contribution is 0.0955. The maximum absolute atomic E-state index is 13.7. The van der Waals surface area contributed by atoms with Gasteiger partial charge in [-0.1, -0.05) is 17.7 Å². The van der Waals surface area contributed by atoms with Crippen molar-refractivity contribution in [2.24, 2.45) is 5.10 Å².